The molecule has 0 unspecified atom stereocenters. The number of nitrogens with zero attached hydrogens (tertiary/aromatic N) is 4. The van der Waals surface area contributed by atoms with Gasteiger partial charge in [-0.1, -0.05) is 54.6 Å². The Morgan fingerprint density at radius 3 is 2.22 bits per heavy atom. The minimum atomic E-state index is 0.869. The monoisotopic (exact) mass is 378 g/mol. The van der Waals surface area contributed by atoms with E-state index in [1.807, 2.05) is 0 Å². The third-order valence-electron chi connectivity index (χ3n) is 5.33. The number of rotatable bonds is 5. The quantitative estimate of drug-likeness (QED) is 0.625. The van der Waals surface area contributed by atoms with Gasteiger partial charge in [-0.15, -0.1) is 0 Å². The number of aromatic nitrogens is 2. The molecule has 1 fully saturated rings. The zero-order valence-corrected chi connectivity index (χ0v) is 16.6. The summed E-state index contributed by atoms with van der Waals surface area (Å²) in [6.45, 7) is 6.22. The molecule has 2 heterocycles. The first kappa shape index (κ1) is 18.2. The van der Waals surface area contributed by atoms with Crippen LogP contribution in [0.1, 0.15) is 5.56 Å². The number of imidazole rings is 1. The summed E-state index contributed by atoms with van der Waals surface area (Å²) in [5.41, 5.74) is 3.69. The lowest BCUT2D eigenvalue weighted by atomic mass is 10.2. The lowest BCUT2D eigenvalue weighted by Crippen LogP contribution is -2.46. The standard InChI is InChI=1S/C22H26N4S/c1-23-20-11-5-6-12-21(20)26(22(23)27)18-25-16-14-24(15-17-25)13-7-10-19-8-3-2-4-9-19/h2-12H,13-18H2,1H3/b10-7+. The van der Waals surface area contributed by atoms with Gasteiger partial charge >= 0.3 is 0 Å². The Morgan fingerprint density at radius 1 is 0.852 bits per heavy atom. The fourth-order valence-electron chi connectivity index (χ4n) is 3.72. The van der Waals surface area contributed by atoms with Crippen molar-refractivity contribution in [3.8, 4) is 0 Å². The van der Waals surface area contributed by atoms with Crippen LogP contribution in [-0.2, 0) is 13.7 Å². The van der Waals surface area contributed by atoms with Crippen molar-refractivity contribution >= 4 is 29.3 Å². The van der Waals surface area contributed by atoms with E-state index in [4.69, 9.17) is 12.2 Å². The smallest absolute Gasteiger partial charge is 0.181 e. The van der Waals surface area contributed by atoms with Gasteiger partial charge in [-0.25, -0.2) is 0 Å². The molecule has 1 saturated heterocycles. The van der Waals surface area contributed by atoms with E-state index in [2.05, 4.69) is 92.7 Å². The summed E-state index contributed by atoms with van der Waals surface area (Å²) in [7, 11) is 2.05. The molecule has 0 saturated carbocycles. The average Bonchev–Trinajstić information content (AvgIpc) is 2.95. The normalized spacial score (nSPS) is 16.5. The van der Waals surface area contributed by atoms with E-state index in [0.717, 1.165) is 44.2 Å². The average molecular weight is 379 g/mol. The van der Waals surface area contributed by atoms with Crippen molar-refractivity contribution in [2.45, 2.75) is 6.67 Å². The molecular formula is C22H26N4S. The van der Waals surface area contributed by atoms with Crippen LogP contribution >= 0.6 is 12.2 Å². The zero-order valence-electron chi connectivity index (χ0n) is 15.8. The van der Waals surface area contributed by atoms with E-state index < -0.39 is 0 Å². The van der Waals surface area contributed by atoms with Crippen LogP contribution in [0.15, 0.2) is 60.7 Å². The van der Waals surface area contributed by atoms with Crippen LogP contribution < -0.4 is 0 Å². The predicted octanol–water partition coefficient (Wildman–Crippen LogP) is 4.00. The van der Waals surface area contributed by atoms with Crippen LogP contribution in [0.25, 0.3) is 17.1 Å². The Kier molecular flexibility index (Phi) is 5.53. The molecule has 1 aromatic heterocycles. The minimum absolute atomic E-state index is 0.869. The minimum Gasteiger partial charge on any atom is -0.320 e. The first-order chi connectivity index (χ1) is 13.2. The fourth-order valence-corrected chi connectivity index (χ4v) is 3.97. The predicted molar refractivity (Wildman–Crippen MR) is 115 cm³/mol. The second-order valence-corrected chi connectivity index (χ2v) is 7.50. The molecule has 0 aliphatic carbocycles. The van der Waals surface area contributed by atoms with E-state index in [9.17, 15) is 0 Å². The highest BCUT2D eigenvalue weighted by atomic mass is 32.1. The number of hydrogen-bond donors (Lipinski definition) is 0. The molecular weight excluding hydrogens is 352 g/mol. The van der Waals surface area contributed by atoms with Gasteiger partial charge in [0.1, 0.15) is 0 Å². The van der Waals surface area contributed by atoms with Crippen LogP contribution in [0.4, 0.5) is 0 Å². The van der Waals surface area contributed by atoms with Crippen LogP contribution in [0.2, 0.25) is 0 Å². The molecule has 2 aromatic carbocycles. The van der Waals surface area contributed by atoms with Crippen molar-refractivity contribution < 1.29 is 0 Å². The molecule has 0 spiro atoms. The Morgan fingerprint density at radius 2 is 1.48 bits per heavy atom. The molecule has 27 heavy (non-hydrogen) atoms. The Labute approximate surface area is 165 Å². The molecule has 0 N–H and O–H groups in total. The summed E-state index contributed by atoms with van der Waals surface area (Å²) in [4.78, 5) is 5.01. The van der Waals surface area contributed by atoms with Gasteiger partial charge < -0.3 is 9.13 Å². The second-order valence-electron chi connectivity index (χ2n) is 7.13. The second kappa shape index (κ2) is 8.21. The summed E-state index contributed by atoms with van der Waals surface area (Å²) in [5, 5.41) is 0. The summed E-state index contributed by atoms with van der Waals surface area (Å²) in [6.07, 6.45) is 4.48. The Hall–Kier alpha value is -2.21. The number of benzene rings is 2. The molecule has 0 radical (unpaired) electrons. The summed E-state index contributed by atoms with van der Waals surface area (Å²) < 4.78 is 5.26. The first-order valence-electron chi connectivity index (χ1n) is 9.53. The van der Waals surface area contributed by atoms with E-state index >= 15 is 0 Å². The topological polar surface area (TPSA) is 16.3 Å². The summed E-state index contributed by atoms with van der Waals surface area (Å²) in [6, 6.07) is 19.0. The maximum Gasteiger partial charge on any atom is 0.181 e. The number of piperazine rings is 1. The highest BCUT2D eigenvalue weighted by Gasteiger charge is 2.17. The van der Waals surface area contributed by atoms with Gasteiger partial charge in [0.2, 0.25) is 0 Å². The lowest BCUT2D eigenvalue weighted by Gasteiger charge is -2.34. The third kappa shape index (κ3) is 4.05. The first-order valence-corrected chi connectivity index (χ1v) is 9.94. The van der Waals surface area contributed by atoms with Gasteiger partial charge in [0, 0.05) is 39.8 Å². The SMILES string of the molecule is Cn1c(=S)n(CN2CCN(C/C=C/c3ccccc3)CC2)c2ccccc21. The van der Waals surface area contributed by atoms with Crippen LogP contribution in [0, 0.1) is 4.77 Å². The van der Waals surface area contributed by atoms with Crippen LogP contribution in [-0.4, -0.2) is 51.7 Å². The molecule has 1 aliphatic rings. The van der Waals surface area contributed by atoms with Gasteiger partial charge in [0.05, 0.1) is 17.7 Å². The Bertz CT molecular complexity index is 978. The van der Waals surface area contributed by atoms with E-state index in [0.29, 0.717) is 0 Å². The number of fused-ring (bicyclic) bond motifs is 1. The lowest BCUT2D eigenvalue weighted by molar-refractivity contribution is 0.116. The molecule has 0 atom stereocenters. The molecule has 5 heteroatoms. The van der Waals surface area contributed by atoms with Crippen LogP contribution in [0.3, 0.4) is 0 Å². The third-order valence-corrected chi connectivity index (χ3v) is 5.83. The van der Waals surface area contributed by atoms with E-state index in [-0.39, 0.29) is 0 Å². The molecule has 3 aromatic rings. The van der Waals surface area contributed by atoms with Gasteiger partial charge in [-0.05, 0) is 29.9 Å². The molecule has 4 rings (SSSR count). The van der Waals surface area contributed by atoms with E-state index in [1.165, 1.54) is 16.6 Å². The fraction of sp³-hybridized carbons (Fsp3) is 0.318. The van der Waals surface area contributed by atoms with Crippen molar-refractivity contribution in [1.29, 1.82) is 0 Å². The van der Waals surface area contributed by atoms with Gasteiger partial charge in [0.15, 0.2) is 4.77 Å². The van der Waals surface area contributed by atoms with Gasteiger partial charge in [0.25, 0.3) is 0 Å². The molecule has 0 amide bonds. The van der Waals surface area contributed by atoms with Crippen LogP contribution in [0.5, 0.6) is 0 Å². The highest BCUT2D eigenvalue weighted by Crippen LogP contribution is 2.17. The van der Waals surface area contributed by atoms with Crippen molar-refractivity contribution in [2.75, 3.05) is 32.7 Å². The maximum atomic E-state index is 5.67. The Balaban J connectivity index is 1.34. The number of para-hydroxylation sites is 2. The molecule has 4 nitrogen and oxygen atoms in total. The summed E-state index contributed by atoms with van der Waals surface area (Å²) in [5.74, 6) is 0. The van der Waals surface area contributed by atoms with Crippen molar-refractivity contribution in [1.82, 2.24) is 18.9 Å². The highest BCUT2D eigenvalue weighted by molar-refractivity contribution is 7.71. The van der Waals surface area contributed by atoms with Gasteiger partial charge in [-0.2, -0.15) is 0 Å². The zero-order chi connectivity index (χ0) is 18.6. The molecule has 1 aliphatic heterocycles. The van der Waals surface area contributed by atoms with Gasteiger partial charge in [-0.3, -0.25) is 9.80 Å². The van der Waals surface area contributed by atoms with Crippen molar-refractivity contribution in [2.24, 2.45) is 7.05 Å². The molecule has 140 valence electrons. The number of hydrogen-bond acceptors (Lipinski definition) is 3. The van der Waals surface area contributed by atoms with Crippen molar-refractivity contribution in [3.63, 3.8) is 0 Å². The number of aryl methyl sites for hydroxylation is 1. The van der Waals surface area contributed by atoms with E-state index in [1.54, 1.807) is 0 Å². The largest absolute Gasteiger partial charge is 0.320 e. The molecule has 0 bridgehead atoms. The summed E-state index contributed by atoms with van der Waals surface area (Å²) >= 11 is 5.67. The maximum absolute atomic E-state index is 5.67. The van der Waals surface area contributed by atoms with Crippen molar-refractivity contribution in [3.05, 3.63) is 71.0 Å².